The van der Waals surface area contributed by atoms with E-state index in [-0.39, 0.29) is 11.7 Å². The third kappa shape index (κ3) is 3.22. The van der Waals surface area contributed by atoms with Crippen molar-refractivity contribution in [3.05, 3.63) is 28.8 Å². The lowest BCUT2D eigenvalue weighted by atomic mass is 10.1. The van der Waals surface area contributed by atoms with Gasteiger partial charge in [0.15, 0.2) is 5.78 Å². The van der Waals surface area contributed by atoms with E-state index in [1.165, 1.54) is 0 Å². The molecule has 0 radical (unpaired) electrons. The van der Waals surface area contributed by atoms with Crippen LogP contribution < -0.4 is 0 Å². The fourth-order valence-corrected chi connectivity index (χ4v) is 1.40. The molecule has 0 unspecified atom stereocenters. The molecule has 1 aromatic carbocycles. The van der Waals surface area contributed by atoms with E-state index in [9.17, 15) is 4.79 Å². The molecule has 0 aromatic heterocycles. The molecule has 13 heavy (non-hydrogen) atoms. The Balaban J connectivity index is 2.79. The number of hydrogen-bond donors (Lipinski definition) is 1. The summed E-state index contributed by atoms with van der Waals surface area (Å²) >= 11 is 15.3. The molecule has 70 valence electrons. The van der Waals surface area contributed by atoms with Crippen LogP contribution in [0.4, 0.5) is 0 Å². The standard InChI is InChI=1S/C9H8Cl2OS/c10-5-7(12)3-6-1-2-8(11)9(13)4-6/h1-2,4,13H,3,5H2. The topological polar surface area (TPSA) is 17.1 Å². The Morgan fingerprint density at radius 2 is 2.15 bits per heavy atom. The average Bonchev–Trinajstić information content (AvgIpc) is 2.11. The number of halogens is 2. The van der Waals surface area contributed by atoms with Crippen molar-refractivity contribution in [1.82, 2.24) is 0 Å². The molecule has 4 heteroatoms. The highest BCUT2D eigenvalue weighted by atomic mass is 35.5. The highest BCUT2D eigenvalue weighted by Crippen LogP contribution is 2.21. The van der Waals surface area contributed by atoms with E-state index in [4.69, 9.17) is 23.2 Å². The lowest BCUT2D eigenvalue weighted by Crippen LogP contribution is -2.03. The van der Waals surface area contributed by atoms with Gasteiger partial charge in [-0.15, -0.1) is 24.2 Å². The van der Waals surface area contributed by atoms with Crippen LogP contribution in [-0.2, 0) is 11.2 Å². The maximum absolute atomic E-state index is 11.0. The van der Waals surface area contributed by atoms with Crippen LogP contribution in [0.3, 0.4) is 0 Å². The van der Waals surface area contributed by atoms with Crippen LogP contribution in [-0.4, -0.2) is 11.7 Å². The summed E-state index contributed by atoms with van der Waals surface area (Å²) in [7, 11) is 0. The summed E-state index contributed by atoms with van der Waals surface area (Å²) in [4.78, 5) is 11.7. The van der Waals surface area contributed by atoms with E-state index in [1.54, 1.807) is 18.2 Å². The molecule has 0 amide bonds. The number of rotatable bonds is 3. The molecule has 0 aliphatic heterocycles. The van der Waals surface area contributed by atoms with E-state index in [1.807, 2.05) is 0 Å². The smallest absolute Gasteiger partial charge is 0.151 e. The first-order chi connectivity index (χ1) is 6.13. The average molecular weight is 235 g/mol. The maximum Gasteiger partial charge on any atom is 0.151 e. The predicted octanol–water partition coefficient (Wildman–Crippen LogP) is 2.98. The van der Waals surface area contributed by atoms with Gasteiger partial charge in [-0.05, 0) is 17.7 Å². The van der Waals surface area contributed by atoms with E-state index in [2.05, 4.69) is 12.6 Å². The largest absolute Gasteiger partial charge is 0.298 e. The summed E-state index contributed by atoms with van der Waals surface area (Å²) in [5.74, 6) is 0.0431. The molecule has 1 rings (SSSR count). The lowest BCUT2D eigenvalue weighted by molar-refractivity contribution is -0.116. The minimum atomic E-state index is -0.00303. The number of thiol groups is 1. The van der Waals surface area contributed by atoms with Gasteiger partial charge in [0.1, 0.15) is 0 Å². The zero-order chi connectivity index (χ0) is 9.84. The predicted molar refractivity (Wildman–Crippen MR) is 58.1 cm³/mol. The van der Waals surface area contributed by atoms with Gasteiger partial charge in [0.25, 0.3) is 0 Å². The van der Waals surface area contributed by atoms with Crippen LogP contribution in [0.2, 0.25) is 5.02 Å². The number of Topliss-reactive ketones (excluding diaryl/α,β-unsaturated/α-hetero) is 1. The number of hydrogen-bond acceptors (Lipinski definition) is 2. The van der Waals surface area contributed by atoms with Crippen LogP contribution in [0, 0.1) is 0 Å². The van der Waals surface area contributed by atoms with Crippen molar-refractivity contribution in [3.63, 3.8) is 0 Å². The van der Waals surface area contributed by atoms with Crippen LogP contribution >= 0.6 is 35.8 Å². The second-order valence-electron chi connectivity index (χ2n) is 2.63. The second-order valence-corrected chi connectivity index (χ2v) is 3.79. The molecule has 0 spiro atoms. The third-order valence-electron chi connectivity index (χ3n) is 1.56. The van der Waals surface area contributed by atoms with E-state index in [0.29, 0.717) is 16.3 Å². The minimum Gasteiger partial charge on any atom is -0.298 e. The van der Waals surface area contributed by atoms with E-state index >= 15 is 0 Å². The molecule has 0 bridgehead atoms. The van der Waals surface area contributed by atoms with Crippen molar-refractivity contribution >= 4 is 41.6 Å². The van der Waals surface area contributed by atoms with Crippen LogP contribution in [0.25, 0.3) is 0 Å². The SMILES string of the molecule is O=C(CCl)Cc1ccc(Cl)c(S)c1. The fraction of sp³-hybridized carbons (Fsp3) is 0.222. The van der Waals surface area contributed by atoms with Crippen molar-refractivity contribution < 1.29 is 4.79 Å². The Morgan fingerprint density at radius 3 is 2.69 bits per heavy atom. The van der Waals surface area contributed by atoms with Gasteiger partial charge in [-0.2, -0.15) is 0 Å². The second kappa shape index (κ2) is 4.89. The fourth-order valence-electron chi connectivity index (χ4n) is 0.943. The van der Waals surface area contributed by atoms with Gasteiger partial charge in [0.05, 0.1) is 10.9 Å². The van der Waals surface area contributed by atoms with E-state index in [0.717, 1.165) is 5.56 Å². The molecule has 1 nitrogen and oxygen atoms in total. The Labute approximate surface area is 92.4 Å². The van der Waals surface area contributed by atoms with Crippen molar-refractivity contribution in [2.24, 2.45) is 0 Å². The summed E-state index contributed by atoms with van der Waals surface area (Å²) in [5, 5.41) is 0.588. The Hall–Kier alpha value is -0.180. The van der Waals surface area contributed by atoms with Crippen LogP contribution in [0.5, 0.6) is 0 Å². The zero-order valence-electron chi connectivity index (χ0n) is 6.76. The summed E-state index contributed by atoms with van der Waals surface area (Å²) in [6, 6.07) is 5.29. The number of ketones is 1. The third-order valence-corrected chi connectivity index (χ3v) is 2.69. The molecule has 0 saturated heterocycles. The van der Waals surface area contributed by atoms with Gasteiger partial charge in [-0.3, -0.25) is 4.79 Å². The molecule has 0 N–H and O–H groups in total. The first-order valence-electron chi connectivity index (χ1n) is 3.68. The minimum absolute atomic E-state index is 0.00303. The Morgan fingerprint density at radius 1 is 1.46 bits per heavy atom. The number of benzene rings is 1. The van der Waals surface area contributed by atoms with Crippen molar-refractivity contribution in [2.75, 3.05) is 5.88 Å². The van der Waals surface area contributed by atoms with Gasteiger partial charge in [0, 0.05) is 11.3 Å². The molecule has 0 aliphatic carbocycles. The van der Waals surface area contributed by atoms with Crippen molar-refractivity contribution in [1.29, 1.82) is 0 Å². The van der Waals surface area contributed by atoms with Gasteiger partial charge >= 0.3 is 0 Å². The lowest BCUT2D eigenvalue weighted by Gasteiger charge is -2.01. The first-order valence-corrected chi connectivity index (χ1v) is 5.04. The Bertz CT molecular complexity index is 325. The van der Waals surface area contributed by atoms with Gasteiger partial charge in [0.2, 0.25) is 0 Å². The van der Waals surface area contributed by atoms with Crippen molar-refractivity contribution in [2.45, 2.75) is 11.3 Å². The highest BCUT2D eigenvalue weighted by molar-refractivity contribution is 7.80. The number of carbonyl (C=O) groups is 1. The van der Waals surface area contributed by atoms with Gasteiger partial charge < -0.3 is 0 Å². The molecule has 0 atom stereocenters. The molecule has 0 fully saturated rings. The summed E-state index contributed by atoms with van der Waals surface area (Å²) < 4.78 is 0. The molecule has 0 saturated carbocycles. The summed E-state index contributed by atoms with van der Waals surface area (Å²) in [5.41, 5.74) is 0.889. The zero-order valence-corrected chi connectivity index (χ0v) is 9.16. The van der Waals surface area contributed by atoms with Crippen LogP contribution in [0.15, 0.2) is 23.1 Å². The monoisotopic (exact) mass is 234 g/mol. The number of carbonyl (C=O) groups excluding carboxylic acids is 1. The van der Waals surface area contributed by atoms with Crippen LogP contribution in [0.1, 0.15) is 5.56 Å². The molecular weight excluding hydrogens is 227 g/mol. The van der Waals surface area contributed by atoms with Crippen molar-refractivity contribution in [3.8, 4) is 0 Å². The normalized spacial score (nSPS) is 10.1. The van der Waals surface area contributed by atoms with E-state index < -0.39 is 0 Å². The first kappa shape index (κ1) is 10.9. The number of alkyl halides is 1. The maximum atomic E-state index is 11.0. The molecule has 1 aromatic rings. The molecule has 0 heterocycles. The highest BCUT2D eigenvalue weighted by Gasteiger charge is 2.03. The Kier molecular flexibility index (Phi) is 4.10. The quantitative estimate of drug-likeness (QED) is 0.629. The van der Waals surface area contributed by atoms with Gasteiger partial charge in [-0.1, -0.05) is 17.7 Å². The summed E-state index contributed by atoms with van der Waals surface area (Å²) in [6.45, 7) is 0. The van der Waals surface area contributed by atoms with Gasteiger partial charge in [-0.25, -0.2) is 0 Å². The summed E-state index contributed by atoms with van der Waals surface area (Å²) in [6.07, 6.45) is 0.341. The molecular formula is C9H8Cl2OS. The molecule has 0 aliphatic rings.